The van der Waals surface area contributed by atoms with Gasteiger partial charge in [0, 0.05) is 31.3 Å². The van der Waals surface area contributed by atoms with Gasteiger partial charge < -0.3 is 19.2 Å². The Bertz CT molecular complexity index is 870. The number of aromatic nitrogens is 2. The maximum Gasteiger partial charge on any atom is 0.228 e. The zero-order valence-corrected chi connectivity index (χ0v) is 19.1. The van der Waals surface area contributed by atoms with E-state index in [0.29, 0.717) is 25.4 Å². The summed E-state index contributed by atoms with van der Waals surface area (Å²) in [5, 5.41) is 8.41. The van der Waals surface area contributed by atoms with E-state index in [1.54, 1.807) is 0 Å². The SMILES string of the molecule is CCNC(=NCCc1nc(C(C)C)no1)N(C)Cc1cc2ccccc2o1.I. The summed E-state index contributed by atoms with van der Waals surface area (Å²) in [6.07, 6.45) is 0.618. The first-order chi connectivity index (χ1) is 13.1. The van der Waals surface area contributed by atoms with Crippen molar-refractivity contribution in [3.63, 3.8) is 0 Å². The second kappa shape index (κ2) is 10.4. The highest BCUT2D eigenvalue weighted by molar-refractivity contribution is 14.0. The molecule has 3 aromatic rings. The average molecular weight is 497 g/mol. The van der Waals surface area contributed by atoms with E-state index in [1.807, 2.05) is 39.1 Å². The Hall–Kier alpha value is -2.10. The number of halogens is 1. The molecule has 0 saturated heterocycles. The van der Waals surface area contributed by atoms with Crippen LogP contribution in [-0.4, -0.2) is 41.1 Å². The lowest BCUT2D eigenvalue weighted by Crippen LogP contribution is -2.38. The molecule has 2 heterocycles. The smallest absolute Gasteiger partial charge is 0.228 e. The predicted molar refractivity (Wildman–Crippen MR) is 121 cm³/mol. The molecule has 0 atom stereocenters. The minimum atomic E-state index is 0. The molecule has 0 spiro atoms. The van der Waals surface area contributed by atoms with Crippen molar-refractivity contribution in [2.24, 2.45) is 4.99 Å². The highest BCUT2D eigenvalue weighted by Crippen LogP contribution is 2.19. The first kappa shape index (κ1) is 22.2. The maximum atomic E-state index is 5.91. The summed E-state index contributed by atoms with van der Waals surface area (Å²) < 4.78 is 11.2. The second-order valence-electron chi connectivity index (χ2n) is 6.79. The van der Waals surface area contributed by atoms with E-state index in [0.717, 1.165) is 35.1 Å². The number of aliphatic imine (C=N–C) groups is 1. The second-order valence-corrected chi connectivity index (χ2v) is 6.79. The Kier molecular flexibility index (Phi) is 8.28. The molecular weight excluding hydrogens is 469 g/mol. The Morgan fingerprint density at radius 1 is 1.29 bits per heavy atom. The lowest BCUT2D eigenvalue weighted by Gasteiger charge is -2.20. The fourth-order valence-electron chi connectivity index (χ4n) is 2.75. The van der Waals surface area contributed by atoms with Gasteiger partial charge in [-0.15, -0.1) is 24.0 Å². The summed E-state index contributed by atoms with van der Waals surface area (Å²) in [5.74, 6) is 3.35. The van der Waals surface area contributed by atoms with Crippen LogP contribution in [0.4, 0.5) is 0 Å². The van der Waals surface area contributed by atoms with E-state index in [1.165, 1.54) is 0 Å². The van der Waals surface area contributed by atoms with Crippen LogP contribution in [0.15, 0.2) is 44.3 Å². The van der Waals surface area contributed by atoms with E-state index >= 15 is 0 Å². The third-order valence-corrected chi connectivity index (χ3v) is 4.15. The van der Waals surface area contributed by atoms with Gasteiger partial charge in [0.05, 0.1) is 13.1 Å². The van der Waals surface area contributed by atoms with Gasteiger partial charge in [-0.1, -0.05) is 37.2 Å². The molecule has 1 N–H and O–H groups in total. The number of guanidine groups is 1. The van der Waals surface area contributed by atoms with Crippen LogP contribution >= 0.6 is 24.0 Å². The Morgan fingerprint density at radius 2 is 2.07 bits per heavy atom. The molecule has 0 aliphatic carbocycles. The zero-order valence-electron chi connectivity index (χ0n) is 16.8. The lowest BCUT2D eigenvalue weighted by molar-refractivity contribution is 0.371. The van der Waals surface area contributed by atoms with Gasteiger partial charge in [-0.3, -0.25) is 4.99 Å². The number of furan rings is 1. The van der Waals surface area contributed by atoms with Crippen LogP contribution in [0.1, 0.15) is 44.2 Å². The quantitative estimate of drug-likeness (QED) is 0.300. The average Bonchev–Trinajstić information content (AvgIpc) is 3.27. The third kappa shape index (κ3) is 5.70. The van der Waals surface area contributed by atoms with Gasteiger partial charge in [0.1, 0.15) is 11.3 Å². The van der Waals surface area contributed by atoms with E-state index < -0.39 is 0 Å². The van der Waals surface area contributed by atoms with E-state index in [9.17, 15) is 0 Å². The highest BCUT2D eigenvalue weighted by atomic mass is 127. The van der Waals surface area contributed by atoms with Crippen molar-refractivity contribution in [3.8, 4) is 0 Å². The van der Waals surface area contributed by atoms with Crippen LogP contribution in [-0.2, 0) is 13.0 Å². The largest absolute Gasteiger partial charge is 0.459 e. The van der Waals surface area contributed by atoms with Gasteiger partial charge in [0.2, 0.25) is 5.89 Å². The molecule has 8 heteroatoms. The van der Waals surface area contributed by atoms with Crippen molar-refractivity contribution in [1.29, 1.82) is 0 Å². The Labute approximate surface area is 182 Å². The number of hydrogen-bond donors (Lipinski definition) is 1. The van der Waals surface area contributed by atoms with Crippen molar-refractivity contribution in [3.05, 3.63) is 47.8 Å². The van der Waals surface area contributed by atoms with Crippen molar-refractivity contribution < 1.29 is 8.94 Å². The molecule has 0 bridgehead atoms. The van der Waals surface area contributed by atoms with Crippen LogP contribution in [0.3, 0.4) is 0 Å². The third-order valence-electron chi connectivity index (χ3n) is 4.15. The molecule has 0 radical (unpaired) electrons. The lowest BCUT2D eigenvalue weighted by atomic mass is 10.2. The number of nitrogens with zero attached hydrogens (tertiary/aromatic N) is 4. The molecule has 0 aliphatic heterocycles. The molecule has 0 amide bonds. The highest BCUT2D eigenvalue weighted by Gasteiger charge is 2.12. The van der Waals surface area contributed by atoms with Crippen LogP contribution < -0.4 is 5.32 Å². The van der Waals surface area contributed by atoms with Crippen LogP contribution in [0.2, 0.25) is 0 Å². The monoisotopic (exact) mass is 497 g/mol. The Balaban J connectivity index is 0.00000280. The summed E-state index contributed by atoms with van der Waals surface area (Å²) >= 11 is 0. The fourth-order valence-corrected chi connectivity index (χ4v) is 2.75. The van der Waals surface area contributed by atoms with E-state index in [2.05, 4.69) is 44.4 Å². The normalized spacial score (nSPS) is 11.7. The number of nitrogens with one attached hydrogen (secondary N) is 1. The predicted octanol–water partition coefficient (Wildman–Crippen LogP) is 4.20. The van der Waals surface area contributed by atoms with Crippen molar-refractivity contribution >= 4 is 40.9 Å². The van der Waals surface area contributed by atoms with Crippen LogP contribution in [0.25, 0.3) is 11.0 Å². The molecule has 3 rings (SSSR count). The molecule has 28 heavy (non-hydrogen) atoms. The molecule has 1 aromatic carbocycles. The summed E-state index contributed by atoms with van der Waals surface area (Å²) in [7, 11) is 2.00. The molecule has 0 unspecified atom stereocenters. The number of para-hydroxylation sites is 1. The summed E-state index contributed by atoms with van der Waals surface area (Å²) in [6, 6.07) is 10.1. The summed E-state index contributed by atoms with van der Waals surface area (Å²) in [4.78, 5) is 11.1. The standard InChI is InChI=1S/C20H27N5O2.HI/c1-5-21-20(22-11-10-18-23-19(14(2)3)24-27-18)25(4)13-16-12-15-8-6-7-9-17(15)26-16;/h6-9,12,14H,5,10-11,13H2,1-4H3,(H,21,22);1H. The van der Waals surface area contributed by atoms with Crippen LogP contribution in [0, 0.1) is 0 Å². The minimum absolute atomic E-state index is 0. The van der Waals surface area contributed by atoms with Gasteiger partial charge in [-0.2, -0.15) is 4.98 Å². The summed E-state index contributed by atoms with van der Waals surface area (Å²) in [6.45, 7) is 8.15. The molecule has 0 saturated carbocycles. The zero-order chi connectivity index (χ0) is 19.2. The maximum absolute atomic E-state index is 5.91. The van der Waals surface area contributed by atoms with Crippen molar-refractivity contribution in [2.45, 2.75) is 39.7 Å². The van der Waals surface area contributed by atoms with Gasteiger partial charge in [0.15, 0.2) is 11.8 Å². The molecule has 0 aliphatic rings. The number of rotatable bonds is 7. The first-order valence-electron chi connectivity index (χ1n) is 9.36. The van der Waals surface area contributed by atoms with E-state index in [-0.39, 0.29) is 29.9 Å². The van der Waals surface area contributed by atoms with Crippen molar-refractivity contribution in [2.75, 3.05) is 20.1 Å². The topological polar surface area (TPSA) is 79.7 Å². The van der Waals surface area contributed by atoms with Crippen LogP contribution in [0.5, 0.6) is 0 Å². The first-order valence-corrected chi connectivity index (χ1v) is 9.36. The van der Waals surface area contributed by atoms with Gasteiger partial charge >= 0.3 is 0 Å². The van der Waals surface area contributed by atoms with Crippen molar-refractivity contribution in [1.82, 2.24) is 20.4 Å². The molecule has 0 fully saturated rings. The number of fused-ring (bicyclic) bond motifs is 1. The van der Waals surface area contributed by atoms with E-state index in [4.69, 9.17) is 8.94 Å². The fraction of sp³-hybridized carbons (Fsp3) is 0.450. The molecule has 7 nitrogen and oxygen atoms in total. The number of hydrogen-bond acceptors (Lipinski definition) is 5. The molecular formula is C20H28IN5O2. The summed E-state index contributed by atoms with van der Waals surface area (Å²) in [5.41, 5.74) is 0.903. The van der Waals surface area contributed by atoms with Gasteiger partial charge in [-0.25, -0.2) is 0 Å². The Morgan fingerprint density at radius 3 is 2.75 bits per heavy atom. The number of benzene rings is 1. The minimum Gasteiger partial charge on any atom is -0.459 e. The molecule has 2 aromatic heterocycles. The molecule has 152 valence electrons. The van der Waals surface area contributed by atoms with Gasteiger partial charge in [0.25, 0.3) is 0 Å². The van der Waals surface area contributed by atoms with Gasteiger partial charge in [-0.05, 0) is 19.1 Å².